The standard InChI is InChI=1S/C16H27N3/c1-2-15(13-6-4-3-5-7-13)19-12-18-11-16(19)14-8-9-17-10-14/h11-15,17H,2-10H2,1H3. The Morgan fingerprint density at radius 1 is 1.32 bits per heavy atom. The Hall–Kier alpha value is -0.830. The molecule has 2 heterocycles. The third-order valence-electron chi connectivity index (χ3n) is 5.14. The molecule has 0 bridgehead atoms. The van der Waals surface area contributed by atoms with Crippen molar-refractivity contribution in [2.24, 2.45) is 5.92 Å². The molecule has 1 saturated heterocycles. The first kappa shape index (κ1) is 13.2. The first-order chi connectivity index (χ1) is 9.40. The quantitative estimate of drug-likeness (QED) is 0.899. The van der Waals surface area contributed by atoms with Gasteiger partial charge in [-0.2, -0.15) is 0 Å². The minimum Gasteiger partial charge on any atom is -0.331 e. The SMILES string of the molecule is CCC(C1CCCCC1)n1cncc1C1CCNC1. The molecule has 2 fully saturated rings. The molecule has 3 heteroatoms. The fraction of sp³-hybridized carbons (Fsp3) is 0.812. The van der Waals surface area contributed by atoms with Gasteiger partial charge in [-0.25, -0.2) is 4.98 Å². The Balaban J connectivity index is 1.80. The predicted molar refractivity (Wildman–Crippen MR) is 78.4 cm³/mol. The van der Waals surface area contributed by atoms with Gasteiger partial charge < -0.3 is 9.88 Å². The molecule has 3 rings (SSSR count). The van der Waals surface area contributed by atoms with Crippen molar-refractivity contribution in [1.82, 2.24) is 14.9 Å². The van der Waals surface area contributed by atoms with Crippen LogP contribution >= 0.6 is 0 Å². The normalized spacial score (nSPS) is 26.7. The van der Waals surface area contributed by atoms with Crippen molar-refractivity contribution in [2.75, 3.05) is 13.1 Å². The zero-order valence-corrected chi connectivity index (χ0v) is 12.1. The van der Waals surface area contributed by atoms with E-state index in [4.69, 9.17) is 0 Å². The first-order valence-corrected chi connectivity index (χ1v) is 8.12. The summed E-state index contributed by atoms with van der Waals surface area (Å²) in [5, 5.41) is 3.48. The van der Waals surface area contributed by atoms with Gasteiger partial charge >= 0.3 is 0 Å². The number of nitrogens with zero attached hydrogens (tertiary/aromatic N) is 2. The summed E-state index contributed by atoms with van der Waals surface area (Å²) < 4.78 is 2.52. The minimum absolute atomic E-state index is 0.679. The molecule has 1 saturated carbocycles. The first-order valence-electron chi connectivity index (χ1n) is 8.12. The van der Waals surface area contributed by atoms with E-state index >= 15 is 0 Å². The van der Waals surface area contributed by atoms with Gasteiger partial charge in [-0.05, 0) is 38.1 Å². The summed E-state index contributed by atoms with van der Waals surface area (Å²) in [5.74, 6) is 1.56. The van der Waals surface area contributed by atoms with Crippen LogP contribution in [0, 0.1) is 5.92 Å². The monoisotopic (exact) mass is 261 g/mol. The van der Waals surface area contributed by atoms with Gasteiger partial charge in [0.1, 0.15) is 0 Å². The van der Waals surface area contributed by atoms with Crippen LogP contribution in [0.5, 0.6) is 0 Å². The summed E-state index contributed by atoms with van der Waals surface area (Å²) in [6, 6.07) is 0.679. The molecule has 1 aromatic heterocycles. The van der Waals surface area contributed by atoms with Crippen LogP contribution in [0.25, 0.3) is 0 Å². The molecule has 0 spiro atoms. The summed E-state index contributed by atoms with van der Waals surface area (Å²) in [6.45, 7) is 4.64. The Kier molecular flexibility index (Phi) is 4.21. The molecule has 19 heavy (non-hydrogen) atoms. The largest absolute Gasteiger partial charge is 0.331 e. The Labute approximate surface area is 116 Å². The molecule has 1 aromatic rings. The number of nitrogens with one attached hydrogen (secondary N) is 1. The summed E-state index contributed by atoms with van der Waals surface area (Å²) in [5.41, 5.74) is 1.47. The lowest BCUT2D eigenvalue weighted by Gasteiger charge is -2.32. The van der Waals surface area contributed by atoms with Crippen molar-refractivity contribution in [3.63, 3.8) is 0 Å². The Morgan fingerprint density at radius 3 is 2.84 bits per heavy atom. The molecule has 2 aliphatic rings. The maximum Gasteiger partial charge on any atom is 0.0950 e. The van der Waals surface area contributed by atoms with Crippen LogP contribution in [-0.4, -0.2) is 22.6 Å². The van der Waals surface area contributed by atoms with Crippen LogP contribution in [0.15, 0.2) is 12.5 Å². The van der Waals surface area contributed by atoms with Gasteiger partial charge in [0.2, 0.25) is 0 Å². The van der Waals surface area contributed by atoms with E-state index in [1.54, 1.807) is 0 Å². The highest BCUT2D eigenvalue weighted by molar-refractivity contribution is 5.11. The molecule has 1 N–H and O–H groups in total. The summed E-state index contributed by atoms with van der Waals surface area (Å²) in [7, 11) is 0. The van der Waals surface area contributed by atoms with Crippen LogP contribution in [-0.2, 0) is 0 Å². The fourth-order valence-electron chi connectivity index (χ4n) is 4.09. The predicted octanol–water partition coefficient (Wildman–Crippen LogP) is 3.49. The van der Waals surface area contributed by atoms with Crippen molar-refractivity contribution < 1.29 is 0 Å². The highest BCUT2D eigenvalue weighted by Crippen LogP contribution is 2.37. The number of imidazole rings is 1. The van der Waals surface area contributed by atoms with Gasteiger partial charge in [0.15, 0.2) is 0 Å². The van der Waals surface area contributed by atoms with Crippen LogP contribution in [0.3, 0.4) is 0 Å². The third kappa shape index (κ3) is 2.71. The van der Waals surface area contributed by atoms with E-state index in [9.17, 15) is 0 Å². The van der Waals surface area contributed by atoms with E-state index in [-0.39, 0.29) is 0 Å². The maximum absolute atomic E-state index is 4.47. The maximum atomic E-state index is 4.47. The second-order valence-electron chi connectivity index (χ2n) is 6.29. The number of aromatic nitrogens is 2. The molecule has 0 aromatic carbocycles. The van der Waals surface area contributed by atoms with Gasteiger partial charge in [-0.1, -0.05) is 26.2 Å². The topological polar surface area (TPSA) is 29.9 Å². The lowest BCUT2D eigenvalue weighted by Crippen LogP contribution is -2.23. The average Bonchev–Trinajstić information content (AvgIpc) is 3.11. The van der Waals surface area contributed by atoms with Crippen LogP contribution < -0.4 is 5.32 Å². The van der Waals surface area contributed by atoms with Crippen molar-refractivity contribution in [3.8, 4) is 0 Å². The molecule has 0 radical (unpaired) electrons. The molecule has 1 aliphatic heterocycles. The average molecular weight is 261 g/mol. The second kappa shape index (κ2) is 6.08. The molecular formula is C16H27N3. The lowest BCUT2D eigenvalue weighted by atomic mass is 9.82. The Morgan fingerprint density at radius 2 is 2.16 bits per heavy atom. The number of hydrogen-bond donors (Lipinski definition) is 1. The van der Waals surface area contributed by atoms with Crippen molar-refractivity contribution in [1.29, 1.82) is 0 Å². The smallest absolute Gasteiger partial charge is 0.0950 e. The van der Waals surface area contributed by atoms with Gasteiger partial charge in [-0.15, -0.1) is 0 Å². The van der Waals surface area contributed by atoms with Crippen LogP contribution in [0.1, 0.15) is 69.5 Å². The van der Waals surface area contributed by atoms with E-state index in [2.05, 4.69) is 34.3 Å². The summed E-state index contributed by atoms with van der Waals surface area (Å²) >= 11 is 0. The zero-order valence-electron chi connectivity index (χ0n) is 12.1. The van der Waals surface area contributed by atoms with Crippen molar-refractivity contribution >= 4 is 0 Å². The molecule has 1 aliphatic carbocycles. The van der Waals surface area contributed by atoms with E-state index in [0.29, 0.717) is 12.0 Å². The highest BCUT2D eigenvalue weighted by atomic mass is 15.1. The zero-order chi connectivity index (χ0) is 13.1. The third-order valence-corrected chi connectivity index (χ3v) is 5.14. The summed E-state index contributed by atoms with van der Waals surface area (Å²) in [6.07, 6.45) is 13.8. The van der Waals surface area contributed by atoms with Crippen LogP contribution in [0.2, 0.25) is 0 Å². The van der Waals surface area contributed by atoms with Gasteiger partial charge in [0, 0.05) is 30.4 Å². The van der Waals surface area contributed by atoms with Gasteiger partial charge in [0.05, 0.1) is 6.33 Å². The fourth-order valence-corrected chi connectivity index (χ4v) is 4.09. The van der Waals surface area contributed by atoms with E-state index in [1.807, 2.05) is 0 Å². The van der Waals surface area contributed by atoms with Crippen LogP contribution in [0.4, 0.5) is 0 Å². The van der Waals surface area contributed by atoms with Crippen molar-refractivity contribution in [3.05, 3.63) is 18.2 Å². The second-order valence-corrected chi connectivity index (χ2v) is 6.29. The molecule has 106 valence electrons. The lowest BCUT2D eigenvalue weighted by molar-refractivity contribution is 0.238. The molecule has 3 nitrogen and oxygen atoms in total. The number of hydrogen-bond acceptors (Lipinski definition) is 2. The van der Waals surface area contributed by atoms with Crippen molar-refractivity contribution in [2.45, 2.75) is 63.8 Å². The van der Waals surface area contributed by atoms with E-state index in [0.717, 1.165) is 19.0 Å². The van der Waals surface area contributed by atoms with E-state index in [1.165, 1.54) is 50.6 Å². The van der Waals surface area contributed by atoms with E-state index < -0.39 is 0 Å². The van der Waals surface area contributed by atoms with Gasteiger partial charge in [0.25, 0.3) is 0 Å². The molecular weight excluding hydrogens is 234 g/mol. The number of rotatable bonds is 4. The molecule has 2 unspecified atom stereocenters. The van der Waals surface area contributed by atoms with Gasteiger partial charge in [-0.3, -0.25) is 0 Å². The minimum atomic E-state index is 0.679. The highest BCUT2D eigenvalue weighted by Gasteiger charge is 2.28. The Bertz CT molecular complexity index is 386. The summed E-state index contributed by atoms with van der Waals surface area (Å²) in [4.78, 5) is 4.47. The molecule has 0 amide bonds. The molecule has 2 atom stereocenters.